The van der Waals surface area contributed by atoms with E-state index in [1.165, 1.54) is 7.11 Å². The van der Waals surface area contributed by atoms with Crippen molar-refractivity contribution < 1.29 is 13.7 Å². The first-order chi connectivity index (χ1) is 10.7. The normalized spacial score (nSPS) is 10.6. The van der Waals surface area contributed by atoms with Gasteiger partial charge < -0.3 is 14.6 Å². The number of methoxy groups -OCH3 is 1. The summed E-state index contributed by atoms with van der Waals surface area (Å²) in [6.45, 7) is 0.242. The molecular weight excluding hydrogens is 309 g/mol. The fourth-order valence-corrected chi connectivity index (χ4v) is 2.44. The van der Waals surface area contributed by atoms with Crippen LogP contribution in [0.2, 0.25) is 0 Å². The van der Waals surface area contributed by atoms with E-state index < -0.39 is 5.82 Å². The SMILES string of the molecule is COc1nc(NCc2nc(Cc3cccs3)no2)ncc1F. The molecule has 0 unspecified atom stereocenters. The van der Waals surface area contributed by atoms with E-state index >= 15 is 0 Å². The highest BCUT2D eigenvalue weighted by Gasteiger charge is 2.10. The third-order valence-corrected chi connectivity index (χ3v) is 3.60. The average Bonchev–Trinajstić information content (AvgIpc) is 3.19. The lowest BCUT2D eigenvalue weighted by Gasteiger charge is -2.04. The largest absolute Gasteiger partial charge is 0.479 e. The maximum Gasteiger partial charge on any atom is 0.255 e. The van der Waals surface area contributed by atoms with E-state index in [4.69, 9.17) is 9.26 Å². The molecule has 9 heteroatoms. The monoisotopic (exact) mass is 321 g/mol. The summed E-state index contributed by atoms with van der Waals surface area (Å²) in [7, 11) is 1.34. The molecule has 0 aliphatic heterocycles. The molecule has 114 valence electrons. The summed E-state index contributed by atoms with van der Waals surface area (Å²) in [5, 5.41) is 8.78. The number of ether oxygens (including phenoxy) is 1. The molecule has 0 amide bonds. The van der Waals surface area contributed by atoms with Crippen molar-refractivity contribution >= 4 is 17.3 Å². The molecule has 0 radical (unpaired) electrons. The third-order valence-electron chi connectivity index (χ3n) is 2.73. The lowest BCUT2D eigenvalue weighted by atomic mass is 10.3. The van der Waals surface area contributed by atoms with E-state index in [9.17, 15) is 4.39 Å². The fraction of sp³-hybridized carbons (Fsp3) is 0.231. The highest BCUT2D eigenvalue weighted by Crippen LogP contribution is 2.15. The number of anilines is 1. The second kappa shape index (κ2) is 6.48. The van der Waals surface area contributed by atoms with Gasteiger partial charge in [-0.05, 0) is 11.4 Å². The van der Waals surface area contributed by atoms with E-state index in [0.29, 0.717) is 18.1 Å². The molecule has 0 saturated carbocycles. The molecule has 0 saturated heterocycles. The van der Waals surface area contributed by atoms with Crippen LogP contribution >= 0.6 is 11.3 Å². The Morgan fingerprint density at radius 3 is 3.09 bits per heavy atom. The van der Waals surface area contributed by atoms with Crippen LogP contribution < -0.4 is 10.1 Å². The summed E-state index contributed by atoms with van der Waals surface area (Å²) in [5.41, 5.74) is 0. The molecule has 0 aliphatic rings. The van der Waals surface area contributed by atoms with Gasteiger partial charge in [-0.25, -0.2) is 4.98 Å². The van der Waals surface area contributed by atoms with Crippen LogP contribution in [0.25, 0.3) is 0 Å². The molecule has 0 bridgehead atoms. The quantitative estimate of drug-likeness (QED) is 0.745. The van der Waals surface area contributed by atoms with Crippen molar-refractivity contribution in [2.45, 2.75) is 13.0 Å². The molecule has 7 nitrogen and oxygen atoms in total. The van der Waals surface area contributed by atoms with E-state index in [0.717, 1.165) is 11.1 Å². The van der Waals surface area contributed by atoms with Crippen molar-refractivity contribution in [3.05, 3.63) is 46.1 Å². The van der Waals surface area contributed by atoms with Crippen molar-refractivity contribution in [3.63, 3.8) is 0 Å². The van der Waals surface area contributed by atoms with Crippen LogP contribution in [0, 0.1) is 5.82 Å². The number of hydrogen-bond donors (Lipinski definition) is 1. The molecule has 3 aromatic heterocycles. The van der Waals surface area contributed by atoms with Gasteiger partial charge in [0.1, 0.15) is 0 Å². The molecule has 0 atom stereocenters. The van der Waals surface area contributed by atoms with Crippen LogP contribution in [0.3, 0.4) is 0 Å². The predicted molar refractivity (Wildman–Crippen MR) is 77.3 cm³/mol. The van der Waals surface area contributed by atoms with Gasteiger partial charge in [-0.1, -0.05) is 11.2 Å². The summed E-state index contributed by atoms with van der Waals surface area (Å²) in [5.74, 6) is 0.483. The molecular formula is C13H12FN5O2S. The molecule has 0 aliphatic carbocycles. The predicted octanol–water partition coefficient (Wildman–Crippen LogP) is 2.27. The molecule has 22 heavy (non-hydrogen) atoms. The van der Waals surface area contributed by atoms with Gasteiger partial charge in [0.15, 0.2) is 5.82 Å². The topological polar surface area (TPSA) is 86.0 Å². The minimum Gasteiger partial charge on any atom is -0.479 e. The van der Waals surface area contributed by atoms with E-state index in [-0.39, 0.29) is 18.4 Å². The van der Waals surface area contributed by atoms with Crippen molar-refractivity contribution in [1.82, 2.24) is 20.1 Å². The molecule has 0 aromatic carbocycles. The van der Waals surface area contributed by atoms with Crippen LogP contribution in [-0.4, -0.2) is 27.2 Å². The van der Waals surface area contributed by atoms with E-state index in [1.807, 2.05) is 17.5 Å². The summed E-state index contributed by atoms with van der Waals surface area (Å²) in [6, 6.07) is 3.99. The number of halogens is 1. The molecule has 0 fully saturated rings. The van der Waals surface area contributed by atoms with E-state index in [1.54, 1.807) is 11.3 Å². The van der Waals surface area contributed by atoms with Gasteiger partial charge in [0.2, 0.25) is 17.7 Å². The maximum atomic E-state index is 13.2. The van der Waals surface area contributed by atoms with Gasteiger partial charge >= 0.3 is 0 Å². The lowest BCUT2D eigenvalue weighted by molar-refractivity contribution is 0.366. The number of rotatable bonds is 6. The molecule has 0 spiro atoms. The zero-order valence-electron chi connectivity index (χ0n) is 11.6. The van der Waals surface area contributed by atoms with Gasteiger partial charge in [0, 0.05) is 11.3 Å². The minimum atomic E-state index is -0.621. The standard InChI is InChI=1S/C13H12FN5O2S/c1-20-12-9(14)6-15-13(18-12)16-7-11-17-10(19-21-11)5-8-3-2-4-22-8/h2-4,6H,5,7H2,1H3,(H,15,16,18). The highest BCUT2D eigenvalue weighted by atomic mass is 32.1. The Morgan fingerprint density at radius 2 is 2.32 bits per heavy atom. The van der Waals surface area contributed by atoms with Crippen molar-refractivity contribution in [1.29, 1.82) is 0 Å². The second-order valence-electron chi connectivity index (χ2n) is 4.26. The van der Waals surface area contributed by atoms with Crippen molar-refractivity contribution in [2.75, 3.05) is 12.4 Å². The molecule has 1 N–H and O–H groups in total. The number of hydrogen-bond acceptors (Lipinski definition) is 8. The van der Waals surface area contributed by atoms with Gasteiger partial charge in [-0.2, -0.15) is 14.4 Å². The van der Waals surface area contributed by atoms with Gasteiger partial charge in [0.25, 0.3) is 5.88 Å². The Kier molecular flexibility index (Phi) is 4.24. The number of thiophene rings is 1. The first kappa shape index (κ1) is 14.4. The van der Waals surface area contributed by atoms with Crippen LogP contribution in [0.15, 0.2) is 28.2 Å². The van der Waals surface area contributed by atoms with Gasteiger partial charge in [-0.3, -0.25) is 0 Å². The average molecular weight is 321 g/mol. The summed E-state index contributed by atoms with van der Waals surface area (Å²) in [6.07, 6.45) is 1.66. The van der Waals surface area contributed by atoms with Crippen LogP contribution in [0.4, 0.5) is 10.3 Å². The number of nitrogens with zero attached hydrogens (tertiary/aromatic N) is 4. The van der Waals surface area contributed by atoms with Gasteiger partial charge in [0.05, 0.1) is 19.9 Å². The van der Waals surface area contributed by atoms with Crippen LogP contribution in [0.1, 0.15) is 16.6 Å². The molecule has 3 heterocycles. The first-order valence-corrected chi connectivity index (χ1v) is 7.27. The second-order valence-corrected chi connectivity index (χ2v) is 5.30. The zero-order valence-corrected chi connectivity index (χ0v) is 12.4. The van der Waals surface area contributed by atoms with Crippen molar-refractivity contribution in [2.24, 2.45) is 0 Å². The Labute approximate surface area is 129 Å². The maximum absolute atomic E-state index is 13.2. The molecule has 3 aromatic rings. The third kappa shape index (κ3) is 3.37. The Balaban J connectivity index is 1.61. The number of nitrogens with one attached hydrogen (secondary N) is 1. The Morgan fingerprint density at radius 1 is 1.41 bits per heavy atom. The molecule has 3 rings (SSSR count). The summed E-state index contributed by atoms with van der Waals surface area (Å²) in [4.78, 5) is 13.1. The summed E-state index contributed by atoms with van der Waals surface area (Å²) < 4.78 is 23.1. The van der Waals surface area contributed by atoms with E-state index in [2.05, 4.69) is 25.4 Å². The Hall–Kier alpha value is -2.55. The van der Waals surface area contributed by atoms with Crippen LogP contribution in [0.5, 0.6) is 5.88 Å². The number of aromatic nitrogens is 4. The lowest BCUT2D eigenvalue weighted by Crippen LogP contribution is -2.05. The van der Waals surface area contributed by atoms with Gasteiger partial charge in [-0.15, -0.1) is 11.3 Å². The highest BCUT2D eigenvalue weighted by molar-refractivity contribution is 7.09. The minimum absolute atomic E-state index is 0.124. The van der Waals surface area contributed by atoms with Crippen LogP contribution in [-0.2, 0) is 13.0 Å². The Bertz CT molecular complexity index is 747. The fourth-order valence-electron chi connectivity index (χ4n) is 1.74. The zero-order chi connectivity index (χ0) is 15.4. The smallest absolute Gasteiger partial charge is 0.255 e. The van der Waals surface area contributed by atoms with Crippen molar-refractivity contribution in [3.8, 4) is 5.88 Å². The first-order valence-electron chi connectivity index (χ1n) is 6.39. The summed E-state index contributed by atoms with van der Waals surface area (Å²) >= 11 is 1.64.